The fourth-order valence-corrected chi connectivity index (χ4v) is 2.85. The average molecular weight is 185 g/mol. The third-order valence-electron chi connectivity index (χ3n) is 3.42. The van der Waals surface area contributed by atoms with E-state index in [0.29, 0.717) is 11.8 Å². The maximum Gasteiger partial charge on any atom is 0.0585 e. The number of hydrogen-bond acceptors (Lipinski definition) is 2. The van der Waals surface area contributed by atoms with E-state index in [2.05, 4.69) is 13.8 Å². The summed E-state index contributed by atoms with van der Waals surface area (Å²) in [5.41, 5.74) is 5.95. The van der Waals surface area contributed by atoms with Crippen molar-refractivity contribution >= 4 is 0 Å². The zero-order chi connectivity index (χ0) is 9.84. The van der Waals surface area contributed by atoms with Crippen molar-refractivity contribution in [1.29, 1.82) is 0 Å². The van der Waals surface area contributed by atoms with Crippen LogP contribution in [0.3, 0.4) is 0 Å². The van der Waals surface area contributed by atoms with Gasteiger partial charge in [0, 0.05) is 6.04 Å². The van der Waals surface area contributed by atoms with E-state index in [-0.39, 0.29) is 12.6 Å². The molecule has 0 aromatic carbocycles. The Kier molecular flexibility index (Phi) is 4.20. The maximum absolute atomic E-state index is 9.09. The van der Waals surface area contributed by atoms with E-state index < -0.39 is 0 Å². The number of aliphatic hydroxyl groups excluding tert-OH is 1. The SMILES string of the molecule is CC(C)C(C(N)CO)C1CCCC1. The molecular formula is C11H23NO. The van der Waals surface area contributed by atoms with Crippen molar-refractivity contribution in [3.05, 3.63) is 0 Å². The average Bonchev–Trinajstić information content (AvgIpc) is 2.56. The van der Waals surface area contributed by atoms with E-state index in [0.717, 1.165) is 5.92 Å². The predicted octanol–water partition coefficient (Wildman–Crippen LogP) is 1.77. The number of hydrogen-bond donors (Lipinski definition) is 2. The van der Waals surface area contributed by atoms with Crippen molar-refractivity contribution in [3.63, 3.8) is 0 Å². The van der Waals surface area contributed by atoms with Crippen LogP contribution in [0, 0.1) is 17.8 Å². The molecule has 0 spiro atoms. The second kappa shape index (κ2) is 4.97. The molecule has 2 heteroatoms. The van der Waals surface area contributed by atoms with Crippen molar-refractivity contribution in [1.82, 2.24) is 0 Å². The number of aliphatic hydroxyl groups is 1. The second-order valence-electron chi connectivity index (χ2n) is 4.71. The monoisotopic (exact) mass is 185 g/mol. The Balaban J connectivity index is 2.55. The molecule has 0 saturated heterocycles. The van der Waals surface area contributed by atoms with E-state index in [1.807, 2.05) is 0 Å². The molecule has 0 bridgehead atoms. The summed E-state index contributed by atoms with van der Waals surface area (Å²) in [6.07, 6.45) is 5.34. The van der Waals surface area contributed by atoms with E-state index >= 15 is 0 Å². The summed E-state index contributed by atoms with van der Waals surface area (Å²) in [7, 11) is 0. The van der Waals surface area contributed by atoms with Gasteiger partial charge in [0.15, 0.2) is 0 Å². The van der Waals surface area contributed by atoms with Crippen molar-refractivity contribution < 1.29 is 5.11 Å². The molecule has 0 aromatic rings. The molecule has 1 saturated carbocycles. The third kappa shape index (κ3) is 2.68. The van der Waals surface area contributed by atoms with Gasteiger partial charge in [-0.2, -0.15) is 0 Å². The van der Waals surface area contributed by atoms with E-state index in [9.17, 15) is 0 Å². The highest BCUT2D eigenvalue weighted by Gasteiger charge is 2.31. The van der Waals surface area contributed by atoms with Crippen LogP contribution in [0.5, 0.6) is 0 Å². The van der Waals surface area contributed by atoms with Gasteiger partial charge in [-0.25, -0.2) is 0 Å². The molecule has 1 fully saturated rings. The molecule has 78 valence electrons. The van der Waals surface area contributed by atoms with Crippen LogP contribution in [0.15, 0.2) is 0 Å². The summed E-state index contributed by atoms with van der Waals surface area (Å²) in [5, 5.41) is 9.09. The van der Waals surface area contributed by atoms with Crippen molar-refractivity contribution in [3.8, 4) is 0 Å². The highest BCUT2D eigenvalue weighted by Crippen LogP contribution is 2.36. The van der Waals surface area contributed by atoms with E-state index in [4.69, 9.17) is 10.8 Å². The topological polar surface area (TPSA) is 46.2 Å². The Morgan fingerprint density at radius 2 is 1.85 bits per heavy atom. The van der Waals surface area contributed by atoms with Crippen molar-refractivity contribution in [2.24, 2.45) is 23.5 Å². The molecule has 2 atom stereocenters. The first-order valence-electron chi connectivity index (χ1n) is 5.53. The molecule has 1 aliphatic carbocycles. The van der Waals surface area contributed by atoms with E-state index in [1.165, 1.54) is 25.7 Å². The van der Waals surface area contributed by atoms with Gasteiger partial charge in [-0.3, -0.25) is 0 Å². The van der Waals surface area contributed by atoms with Crippen LogP contribution >= 0.6 is 0 Å². The smallest absolute Gasteiger partial charge is 0.0585 e. The molecule has 3 N–H and O–H groups in total. The lowest BCUT2D eigenvalue weighted by atomic mass is 9.78. The van der Waals surface area contributed by atoms with Gasteiger partial charge in [0.05, 0.1) is 6.61 Å². The lowest BCUT2D eigenvalue weighted by Crippen LogP contribution is -2.40. The van der Waals surface area contributed by atoms with Crippen LogP contribution in [0.25, 0.3) is 0 Å². The van der Waals surface area contributed by atoms with Gasteiger partial charge in [0.1, 0.15) is 0 Å². The molecule has 0 heterocycles. The third-order valence-corrected chi connectivity index (χ3v) is 3.42. The van der Waals surface area contributed by atoms with Gasteiger partial charge in [-0.1, -0.05) is 39.5 Å². The van der Waals surface area contributed by atoms with Gasteiger partial charge in [-0.05, 0) is 17.8 Å². The highest BCUT2D eigenvalue weighted by atomic mass is 16.3. The lowest BCUT2D eigenvalue weighted by molar-refractivity contribution is 0.151. The lowest BCUT2D eigenvalue weighted by Gasteiger charge is -2.31. The standard InChI is InChI=1S/C11H23NO/c1-8(2)11(10(12)7-13)9-5-3-4-6-9/h8-11,13H,3-7,12H2,1-2H3. The molecule has 0 amide bonds. The first-order valence-corrected chi connectivity index (χ1v) is 5.53. The van der Waals surface area contributed by atoms with E-state index in [1.54, 1.807) is 0 Å². The van der Waals surface area contributed by atoms with Gasteiger partial charge in [-0.15, -0.1) is 0 Å². The minimum Gasteiger partial charge on any atom is -0.395 e. The normalized spacial score (nSPS) is 23.8. The van der Waals surface area contributed by atoms with Crippen LogP contribution in [-0.4, -0.2) is 17.8 Å². The minimum absolute atomic E-state index is 0.0110. The second-order valence-corrected chi connectivity index (χ2v) is 4.71. The molecule has 1 aliphatic rings. The van der Waals surface area contributed by atoms with Crippen molar-refractivity contribution in [2.75, 3.05) is 6.61 Å². The Morgan fingerprint density at radius 3 is 2.23 bits per heavy atom. The van der Waals surface area contributed by atoms with Crippen molar-refractivity contribution in [2.45, 2.75) is 45.6 Å². The maximum atomic E-state index is 9.09. The quantitative estimate of drug-likeness (QED) is 0.701. The zero-order valence-corrected chi connectivity index (χ0v) is 8.87. The molecular weight excluding hydrogens is 162 g/mol. The highest BCUT2D eigenvalue weighted by molar-refractivity contribution is 4.84. The summed E-state index contributed by atoms with van der Waals surface area (Å²) in [5.74, 6) is 1.89. The molecule has 1 rings (SSSR count). The fraction of sp³-hybridized carbons (Fsp3) is 1.00. The molecule has 2 nitrogen and oxygen atoms in total. The first-order chi connectivity index (χ1) is 6.16. The molecule has 2 unspecified atom stereocenters. The molecule has 0 aromatic heterocycles. The van der Waals surface area contributed by atoms with Gasteiger partial charge < -0.3 is 10.8 Å². The van der Waals surface area contributed by atoms with Crippen LogP contribution in [0.2, 0.25) is 0 Å². The summed E-state index contributed by atoms with van der Waals surface area (Å²) in [6, 6.07) is -0.0110. The van der Waals surface area contributed by atoms with Crippen LogP contribution in [0.1, 0.15) is 39.5 Å². The van der Waals surface area contributed by atoms with Gasteiger partial charge in [0.25, 0.3) is 0 Å². The van der Waals surface area contributed by atoms with Crippen LogP contribution in [-0.2, 0) is 0 Å². The predicted molar refractivity (Wildman–Crippen MR) is 55.3 cm³/mol. The van der Waals surface area contributed by atoms with Gasteiger partial charge in [0.2, 0.25) is 0 Å². The Morgan fingerprint density at radius 1 is 1.31 bits per heavy atom. The minimum atomic E-state index is -0.0110. The Bertz CT molecular complexity index is 141. The Hall–Kier alpha value is -0.0800. The zero-order valence-electron chi connectivity index (χ0n) is 8.87. The fourth-order valence-electron chi connectivity index (χ4n) is 2.85. The molecule has 0 aliphatic heterocycles. The van der Waals surface area contributed by atoms with Gasteiger partial charge >= 0.3 is 0 Å². The van der Waals surface area contributed by atoms with Crippen LogP contribution < -0.4 is 5.73 Å². The summed E-state index contributed by atoms with van der Waals surface area (Å²) < 4.78 is 0. The molecule has 13 heavy (non-hydrogen) atoms. The first kappa shape index (κ1) is 11.0. The Labute approximate surface area is 81.5 Å². The summed E-state index contributed by atoms with van der Waals surface area (Å²) >= 11 is 0. The molecule has 0 radical (unpaired) electrons. The largest absolute Gasteiger partial charge is 0.395 e. The summed E-state index contributed by atoms with van der Waals surface area (Å²) in [4.78, 5) is 0. The summed E-state index contributed by atoms with van der Waals surface area (Å²) in [6.45, 7) is 4.58. The number of rotatable bonds is 4. The van der Waals surface area contributed by atoms with Crippen LogP contribution in [0.4, 0.5) is 0 Å². The number of nitrogens with two attached hydrogens (primary N) is 1.